The van der Waals surface area contributed by atoms with Crippen molar-refractivity contribution in [3.8, 4) is 0 Å². The number of carbonyl (C=O) groups is 1. The van der Waals surface area contributed by atoms with Crippen molar-refractivity contribution in [2.24, 2.45) is 0 Å². The number of halogens is 3. The van der Waals surface area contributed by atoms with Gasteiger partial charge in [0, 0.05) is 10.5 Å². The molecule has 94 valence electrons. The Morgan fingerprint density at radius 3 is 2.41 bits per heavy atom. The Bertz CT molecular complexity index is 400. The average molecular weight is 306 g/mol. The molecule has 0 aliphatic heterocycles. The summed E-state index contributed by atoms with van der Waals surface area (Å²) in [5.41, 5.74) is -0.531. The quantitative estimate of drug-likeness (QED) is 0.904. The summed E-state index contributed by atoms with van der Waals surface area (Å²) >= 11 is 2.96. The molecule has 1 atom stereocenters. The summed E-state index contributed by atoms with van der Waals surface area (Å²) < 4.78 is 27.2. The Labute approximate surface area is 108 Å². The number of rotatable bonds is 4. The van der Waals surface area contributed by atoms with Gasteiger partial charge in [0.25, 0.3) is 5.91 Å². The molecule has 1 rings (SSSR count). The lowest BCUT2D eigenvalue weighted by atomic mass is 10.1. The van der Waals surface area contributed by atoms with Crippen molar-refractivity contribution in [2.75, 3.05) is 0 Å². The van der Waals surface area contributed by atoms with Gasteiger partial charge in [-0.05, 0) is 25.5 Å². The third kappa shape index (κ3) is 3.77. The second kappa shape index (κ2) is 6.10. The molecular formula is C12H14BrF2NO. The van der Waals surface area contributed by atoms with Crippen molar-refractivity contribution >= 4 is 21.8 Å². The van der Waals surface area contributed by atoms with Crippen molar-refractivity contribution in [1.82, 2.24) is 5.32 Å². The van der Waals surface area contributed by atoms with E-state index in [1.54, 1.807) is 6.92 Å². The summed E-state index contributed by atoms with van der Waals surface area (Å²) in [4.78, 5) is 11.7. The van der Waals surface area contributed by atoms with Gasteiger partial charge in [0.05, 0.1) is 0 Å². The maximum Gasteiger partial charge on any atom is 0.257 e. The number of nitrogens with one attached hydrogen (secondary N) is 1. The molecule has 0 radical (unpaired) electrons. The Morgan fingerprint density at radius 2 is 1.94 bits per heavy atom. The topological polar surface area (TPSA) is 29.1 Å². The molecule has 0 aromatic heterocycles. The molecule has 0 bridgehead atoms. The van der Waals surface area contributed by atoms with E-state index in [2.05, 4.69) is 21.2 Å². The lowest BCUT2D eigenvalue weighted by molar-refractivity contribution is 0.0930. The smallest absolute Gasteiger partial charge is 0.257 e. The molecule has 17 heavy (non-hydrogen) atoms. The molecule has 1 N–H and O–H groups in total. The van der Waals surface area contributed by atoms with Crippen LogP contribution in [-0.2, 0) is 0 Å². The van der Waals surface area contributed by atoms with Crippen LogP contribution in [0.4, 0.5) is 8.78 Å². The van der Waals surface area contributed by atoms with Crippen LogP contribution in [0.15, 0.2) is 16.6 Å². The van der Waals surface area contributed by atoms with E-state index in [9.17, 15) is 13.6 Å². The van der Waals surface area contributed by atoms with Gasteiger partial charge in [0.1, 0.15) is 17.2 Å². The highest BCUT2D eigenvalue weighted by molar-refractivity contribution is 9.10. The summed E-state index contributed by atoms with van der Waals surface area (Å²) in [5, 5.41) is 2.56. The van der Waals surface area contributed by atoms with Gasteiger partial charge in [-0.1, -0.05) is 29.3 Å². The summed E-state index contributed by atoms with van der Waals surface area (Å²) in [6.45, 7) is 3.78. The van der Waals surface area contributed by atoms with Crippen molar-refractivity contribution in [3.63, 3.8) is 0 Å². The molecule has 0 saturated carbocycles. The van der Waals surface area contributed by atoms with Crippen molar-refractivity contribution in [2.45, 2.75) is 32.7 Å². The van der Waals surface area contributed by atoms with Gasteiger partial charge >= 0.3 is 0 Å². The van der Waals surface area contributed by atoms with Crippen molar-refractivity contribution < 1.29 is 13.6 Å². The van der Waals surface area contributed by atoms with E-state index in [-0.39, 0.29) is 10.5 Å². The molecule has 0 aliphatic carbocycles. The predicted molar refractivity (Wildman–Crippen MR) is 65.9 cm³/mol. The molecular weight excluding hydrogens is 292 g/mol. The van der Waals surface area contributed by atoms with Crippen LogP contribution in [0.25, 0.3) is 0 Å². The van der Waals surface area contributed by atoms with E-state index in [4.69, 9.17) is 0 Å². The molecule has 1 amide bonds. The van der Waals surface area contributed by atoms with Gasteiger partial charge in [0.15, 0.2) is 0 Å². The first-order valence-corrected chi connectivity index (χ1v) is 6.20. The van der Waals surface area contributed by atoms with Crippen LogP contribution in [-0.4, -0.2) is 11.9 Å². The van der Waals surface area contributed by atoms with Crippen LogP contribution in [0.3, 0.4) is 0 Å². The lowest BCUT2D eigenvalue weighted by Gasteiger charge is -2.13. The van der Waals surface area contributed by atoms with Crippen LogP contribution in [0.2, 0.25) is 0 Å². The van der Waals surface area contributed by atoms with E-state index in [1.165, 1.54) is 0 Å². The number of carbonyl (C=O) groups excluding carboxylic acids is 1. The number of hydrogen-bond acceptors (Lipinski definition) is 1. The lowest BCUT2D eigenvalue weighted by Crippen LogP contribution is -2.33. The van der Waals surface area contributed by atoms with Crippen LogP contribution in [0.5, 0.6) is 0 Å². The molecule has 5 heteroatoms. The monoisotopic (exact) mass is 305 g/mol. The predicted octanol–water partition coefficient (Wildman–Crippen LogP) is 3.65. The zero-order valence-corrected chi connectivity index (χ0v) is 11.3. The van der Waals surface area contributed by atoms with Crippen molar-refractivity contribution in [1.29, 1.82) is 0 Å². The number of hydrogen-bond donors (Lipinski definition) is 1. The minimum Gasteiger partial charge on any atom is -0.349 e. The zero-order chi connectivity index (χ0) is 13.0. The van der Waals surface area contributed by atoms with Crippen LogP contribution in [0, 0.1) is 11.6 Å². The molecule has 2 nitrogen and oxygen atoms in total. The molecule has 0 aliphatic rings. The van der Waals surface area contributed by atoms with E-state index in [1.807, 2.05) is 6.92 Å². The molecule has 0 fully saturated rings. The fourth-order valence-corrected chi connectivity index (χ4v) is 1.96. The fourth-order valence-electron chi connectivity index (χ4n) is 1.56. The standard InChI is InChI=1S/C12H14BrF2NO/c1-3-4-7(2)16-12(17)11-9(14)5-8(13)6-10(11)15/h5-7H,3-4H2,1-2H3,(H,16,17). The molecule has 1 aromatic carbocycles. The first-order valence-electron chi connectivity index (χ1n) is 5.41. The highest BCUT2D eigenvalue weighted by Crippen LogP contribution is 2.19. The average Bonchev–Trinajstić information content (AvgIpc) is 2.15. The highest BCUT2D eigenvalue weighted by atomic mass is 79.9. The first-order chi connectivity index (χ1) is 7.95. The third-order valence-corrected chi connectivity index (χ3v) is 2.79. The van der Waals surface area contributed by atoms with Gasteiger partial charge in [-0.15, -0.1) is 0 Å². The zero-order valence-electron chi connectivity index (χ0n) is 9.69. The SMILES string of the molecule is CCCC(C)NC(=O)c1c(F)cc(Br)cc1F. The number of amides is 1. The van der Waals surface area contributed by atoms with Gasteiger partial charge < -0.3 is 5.32 Å². The van der Waals surface area contributed by atoms with E-state index in [0.29, 0.717) is 0 Å². The molecule has 1 unspecified atom stereocenters. The van der Waals surface area contributed by atoms with Crippen molar-refractivity contribution in [3.05, 3.63) is 33.8 Å². The van der Waals surface area contributed by atoms with Crippen LogP contribution >= 0.6 is 15.9 Å². The van der Waals surface area contributed by atoms with Crippen LogP contribution in [0.1, 0.15) is 37.0 Å². The highest BCUT2D eigenvalue weighted by Gasteiger charge is 2.19. The minimum absolute atomic E-state index is 0.102. The Kier molecular flexibility index (Phi) is 5.05. The van der Waals surface area contributed by atoms with E-state index >= 15 is 0 Å². The summed E-state index contributed by atoms with van der Waals surface area (Å²) in [6, 6.07) is 2.04. The Hall–Kier alpha value is -0.970. The fraction of sp³-hybridized carbons (Fsp3) is 0.417. The normalized spacial score (nSPS) is 12.3. The van der Waals surface area contributed by atoms with Gasteiger partial charge in [-0.2, -0.15) is 0 Å². The second-order valence-corrected chi connectivity index (χ2v) is 4.82. The Balaban J connectivity index is 2.89. The summed E-state index contributed by atoms with van der Waals surface area (Å²) in [5.74, 6) is -2.44. The van der Waals surface area contributed by atoms with E-state index in [0.717, 1.165) is 25.0 Å². The van der Waals surface area contributed by atoms with Gasteiger partial charge in [-0.25, -0.2) is 8.78 Å². The van der Waals surface area contributed by atoms with E-state index < -0.39 is 23.1 Å². The van der Waals surface area contributed by atoms with Gasteiger partial charge in [0.2, 0.25) is 0 Å². The largest absolute Gasteiger partial charge is 0.349 e. The maximum atomic E-state index is 13.5. The maximum absolute atomic E-state index is 13.5. The first kappa shape index (κ1) is 14.1. The number of benzene rings is 1. The molecule has 0 saturated heterocycles. The molecule has 1 aromatic rings. The molecule has 0 spiro atoms. The van der Waals surface area contributed by atoms with Crippen LogP contribution < -0.4 is 5.32 Å². The Morgan fingerprint density at radius 1 is 1.41 bits per heavy atom. The minimum atomic E-state index is -0.863. The summed E-state index contributed by atoms with van der Waals surface area (Å²) in [7, 11) is 0. The second-order valence-electron chi connectivity index (χ2n) is 3.91. The summed E-state index contributed by atoms with van der Waals surface area (Å²) in [6.07, 6.45) is 1.66. The molecule has 0 heterocycles. The van der Waals surface area contributed by atoms with Gasteiger partial charge in [-0.3, -0.25) is 4.79 Å². The third-order valence-electron chi connectivity index (χ3n) is 2.33.